The summed E-state index contributed by atoms with van der Waals surface area (Å²) in [6.45, 7) is 4.79. The van der Waals surface area contributed by atoms with Crippen LogP contribution in [-0.4, -0.2) is 17.6 Å². The van der Waals surface area contributed by atoms with E-state index in [9.17, 15) is 4.79 Å². The first-order valence-electron chi connectivity index (χ1n) is 5.02. The highest BCUT2D eigenvalue weighted by molar-refractivity contribution is 5.85. The van der Waals surface area contributed by atoms with Gasteiger partial charge in [0.1, 0.15) is 0 Å². The van der Waals surface area contributed by atoms with Crippen LogP contribution in [0.5, 0.6) is 0 Å². The van der Waals surface area contributed by atoms with Crippen molar-refractivity contribution in [2.45, 2.75) is 39.5 Å². The molecule has 0 unspecified atom stereocenters. The van der Waals surface area contributed by atoms with E-state index in [0.29, 0.717) is 12.5 Å². The van der Waals surface area contributed by atoms with E-state index in [0.717, 1.165) is 19.3 Å². The molecule has 0 aliphatic heterocycles. The Morgan fingerprint density at radius 3 is 2.43 bits per heavy atom. The van der Waals surface area contributed by atoms with Gasteiger partial charge in [0, 0.05) is 6.42 Å². The first kappa shape index (κ1) is 16.2. The minimum absolute atomic E-state index is 0. The lowest BCUT2D eigenvalue weighted by Crippen LogP contribution is -2.20. The van der Waals surface area contributed by atoms with Gasteiger partial charge < -0.3 is 10.8 Å². The van der Waals surface area contributed by atoms with E-state index in [2.05, 4.69) is 13.8 Å². The minimum Gasteiger partial charge on any atom is -0.481 e. The third-order valence-corrected chi connectivity index (χ3v) is 2.31. The van der Waals surface area contributed by atoms with Crippen LogP contribution in [0, 0.1) is 11.8 Å². The van der Waals surface area contributed by atoms with Gasteiger partial charge in [-0.2, -0.15) is 0 Å². The van der Waals surface area contributed by atoms with Crippen LogP contribution in [0.3, 0.4) is 0 Å². The van der Waals surface area contributed by atoms with Crippen LogP contribution in [-0.2, 0) is 4.79 Å². The first-order chi connectivity index (χ1) is 6.10. The fourth-order valence-electron chi connectivity index (χ4n) is 1.69. The summed E-state index contributed by atoms with van der Waals surface area (Å²) in [5, 5.41) is 8.60. The van der Waals surface area contributed by atoms with Crippen LogP contribution in [0.1, 0.15) is 39.5 Å². The first-order valence-corrected chi connectivity index (χ1v) is 5.02. The summed E-state index contributed by atoms with van der Waals surface area (Å²) in [4.78, 5) is 10.5. The van der Waals surface area contributed by atoms with Gasteiger partial charge in [0.15, 0.2) is 0 Å². The Balaban J connectivity index is 0. The zero-order chi connectivity index (χ0) is 10.3. The second-order valence-electron chi connectivity index (χ2n) is 3.83. The number of carboxylic acids is 1. The van der Waals surface area contributed by atoms with Crippen molar-refractivity contribution in [2.75, 3.05) is 6.54 Å². The topological polar surface area (TPSA) is 63.3 Å². The van der Waals surface area contributed by atoms with Gasteiger partial charge in [-0.15, -0.1) is 12.4 Å². The molecule has 4 heteroatoms. The molecule has 0 aromatic carbocycles. The van der Waals surface area contributed by atoms with Crippen molar-refractivity contribution in [2.24, 2.45) is 17.6 Å². The predicted molar refractivity (Wildman–Crippen MR) is 60.7 cm³/mol. The Morgan fingerprint density at radius 1 is 1.50 bits per heavy atom. The summed E-state index contributed by atoms with van der Waals surface area (Å²) in [6.07, 6.45) is 3.48. The summed E-state index contributed by atoms with van der Waals surface area (Å²) >= 11 is 0. The molecule has 86 valence electrons. The van der Waals surface area contributed by atoms with E-state index in [1.165, 1.54) is 0 Å². The van der Waals surface area contributed by atoms with Crippen molar-refractivity contribution < 1.29 is 9.90 Å². The van der Waals surface area contributed by atoms with Crippen molar-refractivity contribution >= 4 is 18.4 Å². The standard InChI is InChI=1S/C10H21NO2.ClH/c1-3-4-8(2)5-9(7-11)6-10(12)13;/h8-9H,3-7,11H2,1-2H3,(H,12,13);1H/t8-,9-;/m1./s1. The predicted octanol–water partition coefficient (Wildman–Crippen LogP) is 2.28. The molecule has 0 amide bonds. The molecule has 0 aromatic rings. The molecule has 0 aromatic heterocycles. The summed E-state index contributed by atoms with van der Waals surface area (Å²) < 4.78 is 0. The van der Waals surface area contributed by atoms with E-state index in [-0.39, 0.29) is 24.7 Å². The molecule has 0 aliphatic rings. The van der Waals surface area contributed by atoms with Crippen LogP contribution < -0.4 is 5.73 Å². The molecule has 0 fully saturated rings. The number of rotatable bonds is 7. The van der Waals surface area contributed by atoms with Crippen molar-refractivity contribution in [1.29, 1.82) is 0 Å². The van der Waals surface area contributed by atoms with E-state index in [1.807, 2.05) is 0 Å². The van der Waals surface area contributed by atoms with Gasteiger partial charge in [0.2, 0.25) is 0 Å². The second-order valence-corrected chi connectivity index (χ2v) is 3.83. The lowest BCUT2D eigenvalue weighted by molar-refractivity contribution is -0.138. The molecule has 3 nitrogen and oxygen atoms in total. The average molecular weight is 224 g/mol. The zero-order valence-electron chi connectivity index (χ0n) is 9.03. The third-order valence-electron chi connectivity index (χ3n) is 2.31. The Labute approximate surface area is 92.5 Å². The van der Waals surface area contributed by atoms with Crippen LogP contribution >= 0.6 is 12.4 Å². The van der Waals surface area contributed by atoms with Crippen LogP contribution in [0.4, 0.5) is 0 Å². The van der Waals surface area contributed by atoms with Gasteiger partial charge in [-0.1, -0.05) is 26.7 Å². The molecule has 3 N–H and O–H groups in total. The average Bonchev–Trinajstić information content (AvgIpc) is 2.02. The third kappa shape index (κ3) is 8.32. The molecular weight excluding hydrogens is 202 g/mol. The second kappa shape index (κ2) is 9.28. The Hall–Kier alpha value is -0.280. The molecule has 0 spiro atoms. The maximum Gasteiger partial charge on any atom is 0.303 e. The minimum atomic E-state index is -0.737. The molecule has 0 saturated heterocycles. The summed E-state index contributed by atoms with van der Waals surface area (Å²) in [6, 6.07) is 0. The van der Waals surface area contributed by atoms with Crippen LogP contribution in [0.25, 0.3) is 0 Å². The van der Waals surface area contributed by atoms with Gasteiger partial charge in [-0.3, -0.25) is 4.79 Å². The van der Waals surface area contributed by atoms with E-state index in [4.69, 9.17) is 10.8 Å². The quantitative estimate of drug-likeness (QED) is 0.696. The molecule has 0 aliphatic carbocycles. The van der Waals surface area contributed by atoms with Gasteiger partial charge in [0.25, 0.3) is 0 Å². The number of hydrogen-bond acceptors (Lipinski definition) is 2. The smallest absolute Gasteiger partial charge is 0.303 e. The van der Waals surface area contributed by atoms with E-state index >= 15 is 0 Å². The van der Waals surface area contributed by atoms with Crippen molar-refractivity contribution in [3.63, 3.8) is 0 Å². The lowest BCUT2D eigenvalue weighted by Gasteiger charge is -2.17. The number of hydrogen-bond donors (Lipinski definition) is 2. The normalized spacial score (nSPS) is 14.2. The number of aliphatic carboxylic acids is 1. The maximum absolute atomic E-state index is 10.5. The highest BCUT2D eigenvalue weighted by Gasteiger charge is 2.14. The largest absolute Gasteiger partial charge is 0.481 e. The number of carboxylic acid groups (broad SMARTS) is 1. The highest BCUT2D eigenvalue weighted by Crippen LogP contribution is 2.18. The molecule has 0 bridgehead atoms. The van der Waals surface area contributed by atoms with Crippen LogP contribution in [0.15, 0.2) is 0 Å². The monoisotopic (exact) mass is 223 g/mol. The van der Waals surface area contributed by atoms with Gasteiger partial charge in [-0.05, 0) is 24.8 Å². The Morgan fingerprint density at radius 2 is 2.07 bits per heavy atom. The van der Waals surface area contributed by atoms with Crippen molar-refractivity contribution in [3.05, 3.63) is 0 Å². The van der Waals surface area contributed by atoms with E-state index < -0.39 is 5.97 Å². The number of carbonyl (C=O) groups is 1. The zero-order valence-corrected chi connectivity index (χ0v) is 9.85. The SMILES string of the molecule is CCC[C@@H](C)C[C@@H](CN)CC(=O)O.Cl. The Bertz CT molecular complexity index is 153. The lowest BCUT2D eigenvalue weighted by atomic mass is 9.90. The van der Waals surface area contributed by atoms with E-state index in [1.54, 1.807) is 0 Å². The summed E-state index contributed by atoms with van der Waals surface area (Å²) in [5.74, 6) is 0.0103. The Kier molecular flexibility index (Phi) is 10.7. The number of nitrogens with two attached hydrogens (primary N) is 1. The molecule has 0 radical (unpaired) electrons. The summed E-state index contributed by atoms with van der Waals surface area (Å²) in [5.41, 5.74) is 5.50. The molecule has 2 atom stereocenters. The molecular formula is C10H22ClNO2. The van der Waals surface area contributed by atoms with Crippen molar-refractivity contribution in [3.8, 4) is 0 Å². The molecule has 0 rings (SSSR count). The van der Waals surface area contributed by atoms with Gasteiger partial charge in [0.05, 0.1) is 0 Å². The summed E-state index contributed by atoms with van der Waals surface area (Å²) in [7, 11) is 0. The molecule has 0 heterocycles. The van der Waals surface area contributed by atoms with Gasteiger partial charge in [-0.25, -0.2) is 0 Å². The van der Waals surface area contributed by atoms with Crippen molar-refractivity contribution in [1.82, 2.24) is 0 Å². The van der Waals surface area contributed by atoms with Crippen LogP contribution in [0.2, 0.25) is 0 Å². The molecule has 0 saturated carbocycles. The molecule has 14 heavy (non-hydrogen) atoms. The van der Waals surface area contributed by atoms with Gasteiger partial charge >= 0.3 is 5.97 Å². The maximum atomic E-state index is 10.5. The highest BCUT2D eigenvalue weighted by atomic mass is 35.5. The fraction of sp³-hybridized carbons (Fsp3) is 0.900. The fourth-order valence-corrected chi connectivity index (χ4v) is 1.69. The number of halogens is 1.